The van der Waals surface area contributed by atoms with Crippen LogP contribution in [0.3, 0.4) is 0 Å². The third-order valence-corrected chi connectivity index (χ3v) is 14.9. The molecule has 0 spiro atoms. The Kier molecular flexibility index (Phi) is 50.3. The SMILES string of the molecule is CC(C)CCCC(C)CCOC(CCC(=O)OCCCCCCN(CCCCO)CCCCCCOC(=O)CCC(OCCC(C)CCCC(C)C)OCCC(C)CCCC(C)C)OCCC(C)CCCC(C)C. The Hall–Kier alpha value is -1.30. The number of aliphatic hydroxyl groups is 1. The minimum absolute atomic E-state index is 0.161. The highest BCUT2D eigenvalue weighted by molar-refractivity contribution is 5.69. The van der Waals surface area contributed by atoms with Gasteiger partial charge in [0.15, 0.2) is 12.6 Å². The Bertz CT molecular complexity index is 1080. The number of ether oxygens (including phenoxy) is 6. The van der Waals surface area contributed by atoms with Crippen LogP contribution in [-0.2, 0) is 38.0 Å². The van der Waals surface area contributed by atoms with Crippen molar-refractivity contribution in [3.63, 3.8) is 0 Å². The first-order valence-electron chi connectivity index (χ1n) is 31.6. The average Bonchev–Trinajstić information content (AvgIpc) is 3.33. The summed E-state index contributed by atoms with van der Waals surface area (Å²) in [6, 6.07) is 0. The van der Waals surface area contributed by atoms with Gasteiger partial charge in [-0.1, -0.05) is 186 Å². The number of carbonyl (C=O) groups is 2. The number of aliphatic hydroxyl groups excluding tert-OH is 1. The zero-order chi connectivity index (χ0) is 55.0. The van der Waals surface area contributed by atoms with Crippen LogP contribution in [0.2, 0.25) is 0 Å². The van der Waals surface area contributed by atoms with E-state index in [2.05, 4.69) is 88.0 Å². The fraction of sp³-hybridized carbons (Fsp3) is 0.969. The molecule has 4 unspecified atom stereocenters. The highest BCUT2D eigenvalue weighted by Crippen LogP contribution is 2.21. The van der Waals surface area contributed by atoms with E-state index in [1.807, 2.05) is 0 Å². The molecule has 0 rings (SSSR count). The van der Waals surface area contributed by atoms with Crippen molar-refractivity contribution in [1.29, 1.82) is 0 Å². The maximum atomic E-state index is 12.8. The molecule has 0 aromatic carbocycles. The summed E-state index contributed by atoms with van der Waals surface area (Å²) in [6.07, 6.45) is 30.2. The highest BCUT2D eigenvalue weighted by Gasteiger charge is 2.18. The molecule has 4 atom stereocenters. The van der Waals surface area contributed by atoms with Crippen LogP contribution in [0, 0.1) is 47.3 Å². The van der Waals surface area contributed by atoms with Crippen molar-refractivity contribution in [2.75, 3.05) is 65.9 Å². The summed E-state index contributed by atoms with van der Waals surface area (Å²) >= 11 is 0. The first kappa shape index (κ1) is 72.7. The summed E-state index contributed by atoms with van der Waals surface area (Å²) in [4.78, 5) is 28.1. The molecule has 1 N–H and O–H groups in total. The standard InChI is InChI=1S/C64H127NO9/c1-53(2)27-23-31-57(9)39-49-71-63(72-50-40-58(10)32-24-28-54(3)4)37-35-61(67)69-47-21-15-13-17-43-65(45-19-20-46-66)44-18-14-16-22-48-70-62(68)36-38-64(73-51-41-59(11)33-25-29-55(5)6)74-52-42-60(12)34-26-30-56(7)8/h53-60,63-64,66H,13-52H2,1-12H3. The molecule has 0 amide bonds. The van der Waals surface area contributed by atoms with Gasteiger partial charge >= 0.3 is 11.9 Å². The summed E-state index contributed by atoms with van der Waals surface area (Å²) in [6.45, 7) is 34.5. The van der Waals surface area contributed by atoms with Crippen molar-refractivity contribution in [1.82, 2.24) is 4.90 Å². The lowest BCUT2D eigenvalue weighted by Gasteiger charge is -2.22. The fourth-order valence-corrected chi connectivity index (χ4v) is 9.46. The van der Waals surface area contributed by atoms with E-state index >= 15 is 0 Å². The number of esters is 2. The third kappa shape index (κ3) is 51.5. The Morgan fingerprint density at radius 2 is 0.608 bits per heavy atom. The Morgan fingerprint density at radius 3 is 0.892 bits per heavy atom. The second-order valence-electron chi connectivity index (χ2n) is 24.8. The first-order valence-corrected chi connectivity index (χ1v) is 31.6. The van der Waals surface area contributed by atoms with Crippen LogP contribution in [0.5, 0.6) is 0 Å². The molecule has 0 aliphatic rings. The van der Waals surface area contributed by atoms with Crippen LogP contribution in [0.4, 0.5) is 0 Å². The van der Waals surface area contributed by atoms with Crippen LogP contribution in [0.1, 0.15) is 276 Å². The average molecular weight is 1050 g/mol. The predicted octanol–water partition coefficient (Wildman–Crippen LogP) is 17.0. The van der Waals surface area contributed by atoms with Gasteiger partial charge in [0.05, 0.1) is 26.1 Å². The van der Waals surface area contributed by atoms with Gasteiger partial charge in [-0.25, -0.2) is 0 Å². The molecular formula is C64H127NO9. The molecule has 0 aliphatic carbocycles. The van der Waals surface area contributed by atoms with Crippen molar-refractivity contribution in [2.24, 2.45) is 47.3 Å². The minimum atomic E-state index is -0.366. The van der Waals surface area contributed by atoms with E-state index in [0.29, 0.717) is 89.0 Å². The molecule has 442 valence electrons. The summed E-state index contributed by atoms with van der Waals surface area (Å²) in [5.41, 5.74) is 0. The predicted molar refractivity (Wildman–Crippen MR) is 311 cm³/mol. The van der Waals surface area contributed by atoms with Gasteiger partial charge in [-0.2, -0.15) is 0 Å². The molecule has 0 saturated carbocycles. The van der Waals surface area contributed by atoms with E-state index in [1.54, 1.807) is 0 Å². The van der Waals surface area contributed by atoms with Gasteiger partial charge in [0, 0.05) is 45.9 Å². The lowest BCUT2D eigenvalue weighted by molar-refractivity contribution is -0.161. The second kappa shape index (κ2) is 51.2. The van der Waals surface area contributed by atoms with Crippen LogP contribution in [0.15, 0.2) is 0 Å². The molecule has 0 fully saturated rings. The van der Waals surface area contributed by atoms with Gasteiger partial charge < -0.3 is 38.4 Å². The molecule has 0 bridgehead atoms. The number of carbonyl (C=O) groups excluding carboxylic acids is 2. The Balaban J connectivity index is 4.60. The lowest BCUT2D eigenvalue weighted by atomic mass is 9.97. The van der Waals surface area contributed by atoms with Gasteiger partial charge in [0.25, 0.3) is 0 Å². The largest absolute Gasteiger partial charge is 0.466 e. The number of nitrogens with zero attached hydrogens (tertiary/aromatic N) is 1. The van der Waals surface area contributed by atoms with Crippen molar-refractivity contribution in [3.8, 4) is 0 Å². The Morgan fingerprint density at radius 1 is 0.324 bits per heavy atom. The van der Waals surface area contributed by atoms with Crippen molar-refractivity contribution >= 4 is 11.9 Å². The zero-order valence-electron chi connectivity index (χ0n) is 51.2. The van der Waals surface area contributed by atoms with E-state index in [-0.39, 0.29) is 31.1 Å². The van der Waals surface area contributed by atoms with Crippen LogP contribution < -0.4 is 0 Å². The quantitative estimate of drug-likeness (QED) is 0.0359. The molecule has 0 aromatic rings. The zero-order valence-corrected chi connectivity index (χ0v) is 51.2. The Labute approximate surface area is 459 Å². The molecule has 10 nitrogen and oxygen atoms in total. The fourth-order valence-electron chi connectivity index (χ4n) is 9.46. The highest BCUT2D eigenvalue weighted by atomic mass is 16.7. The maximum absolute atomic E-state index is 12.8. The molecule has 0 saturated heterocycles. The van der Waals surface area contributed by atoms with Gasteiger partial charge in [-0.3, -0.25) is 9.59 Å². The summed E-state index contributed by atoms with van der Waals surface area (Å²) in [5, 5.41) is 9.41. The van der Waals surface area contributed by atoms with Crippen LogP contribution >= 0.6 is 0 Å². The normalized spacial score (nSPS) is 14.6. The first-order chi connectivity index (χ1) is 35.5. The van der Waals surface area contributed by atoms with Crippen molar-refractivity contribution < 1.29 is 43.1 Å². The van der Waals surface area contributed by atoms with E-state index in [9.17, 15) is 14.7 Å². The topological polar surface area (TPSA) is 113 Å². The molecule has 0 radical (unpaired) electrons. The van der Waals surface area contributed by atoms with E-state index in [4.69, 9.17) is 28.4 Å². The van der Waals surface area contributed by atoms with Gasteiger partial charge in [-0.15, -0.1) is 0 Å². The number of hydrogen-bond donors (Lipinski definition) is 1. The van der Waals surface area contributed by atoms with Gasteiger partial charge in [0.2, 0.25) is 0 Å². The summed E-state index contributed by atoms with van der Waals surface area (Å²) in [7, 11) is 0. The van der Waals surface area contributed by atoms with E-state index in [0.717, 1.165) is 133 Å². The lowest BCUT2D eigenvalue weighted by Crippen LogP contribution is -2.27. The number of hydrogen-bond acceptors (Lipinski definition) is 10. The number of rotatable bonds is 56. The van der Waals surface area contributed by atoms with Crippen molar-refractivity contribution in [2.45, 2.75) is 288 Å². The van der Waals surface area contributed by atoms with E-state index < -0.39 is 0 Å². The molecule has 0 aliphatic heterocycles. The molecular weight excluding hydrogens is 927 g/mol. The molecule has 74 heavy (non-hydrogen) atoms. The second-order valence-corrected chi connectivity index (χ2v) is 24.8. The van der Waals surface area contributed by atoms with Crippen molar-refractivity contribution in [3.05, 3.63) is 0 Å². The maximum Gasteiger partial charge on any atom is 0.305 e. The smallest absolute Gasteiger partial charge is 0.305 e. The molecule has 0 aromatic heterocycles. The van der Waals surface area contributed by atoms with E-state index in [1.165, 1.54) is 77.0 Å². The summed E-state index contributed by atoms with van der Waals surface area (Å²) in [5.74, 6) is 5.15. The monoisotopic (exact) mass is 1050 g/mol. The van der Waals surface area contributed by atoms with Crippen LogP contribution in [0.25, 0.3) is 0 Å². The van der Waals surface area contributed by atoms with Crippen LogP contribution in [-0.4, -0.2) is 100 Å². The van der Waals surface area contributed by atoms with Gasteiger partial charge in [-0.05, 0) is 131 Å². The third-order valence-electron chi connectivity index (χ3n) is 14.9. The molecule has 10 heteroatoms. The summed E-state index contributed by atoms with van der Waals surface area (Å²) < 4.78 is 36.3. The molecule has 0 heterocycles. The van der Waals surface area contributed by atoms with Gasteiger partial charge in [0.1, 0.15) is 0 Å². The minimum Gasteiger partial charge on any atom is -0.466 e. The number of unbranched alkanes of at least 4 members (excludes halogenated alkanes) is 7.